The van der Waals surface area contributed by atoms with Gasteiger partial charge in [0, 0.05) is 16.1 Å². The molecule has 1 aliphatic heterocycles. The summed E-state index contributed by atoms with van der Waals surface area (Å²) in [6.07, 6.45) is 1.48. The molecule has 0 radical (unpaired) electrons. The van der Waals surface area contributed by atoms with Crippen molar-refractivity contribution in [2.75, 3.05) is 0 Å². The SMILES string of the molecule is Fc1ccccc1C1=NCc2ncnn2-c2ccc(Cl)cc21. The molecule has 1 aliphatic rings. The first kappa shape index (κ1) is 13.2. The molecule has 6 heteroatoms. The minimum Gasteiger partial charge on any atom is -0.276 e. The number of halogens is 2. The van der Waals surface area contributed by atoms with Crippen LogP contribution in [-0.2, 0) is 6.54 Å². The van der Waals surface area contributed by atoms with Crippen molar-refractivity contribution in [3.63, 3.8) is 0 Å². The Hall–Kier alpha value is -2.53. The number of hydrogen-bond donors (Lipinski definition) is 0. The number of nitrogens with zero attached hydrogens (tertiary/aromatic N) is 4. The molecule has 0 unspecified atom stereocenters. The number of hydrogen-bond acceptors (Lipinski definition) is 3. The van der Waals surface area contributed by atoms with Gasteiger partial charge in [0.1, 0.15) is 12.1 Å². The van der Waals surface area contributed by atoms with E-state index in [9.17, 15) is 4.39 Å². The Morgan fingerprint density at radius 3 is 2.82 bits per heavy atom. The van der Waals surface area contributed by atoms with E-state index in [1.807, 2.05) is 6.07 Å². The maximum Gasteiger partial charge on any atom is 0.153 e. The largest absolute Gasteiger partial charge is 0.276 e. The molecule has 0 spiro atoms. The molecule has 0 bridgehead atoms. The topological polar surface area (TPSA) is 43.1 Å². The molecule has 3 aromatic rings. The second kappa shape index (κ2) is 5.03. The molecule has 0 amide bonds. The fourth-order valence-electron chi connectivity index (χ4n) is 2.58. The standard InChI is InChI=1S/C16H10ClFN4/c17-10-5-6-14-12(7-10)16(11-3-1-2-4-13(11)18)19-8-15-20-9-21-22(14)15/h1-7,9H,8H2. The van der Waals surface area contributed by atoms with Gasteiger partial charge in [0.05, 0.1) is 17.9 Å². The summed E-state index contributed by atoms with van der Waals surface area (Å²) in [6, 6.07) is 12.0. The van der Waals surface area contributed by atoms with Crippen molar-refractivity contribution in [3.05, 3.63) is 76.6 Å². The Morgan fingerprint density at radius 2 is 1.95 bits per heavy atom. The van der Waals surface area contributed by atoms with Crippen LogP contribution in [0.15, 0.2) is 53.8 Å². The summed E-state index contributed by atoms with van der Waals surface area (Å²) in [7, 11) is 0. The maximum atomic E-state index is 14.2. The Kier molecular flexibility index (Phi) is 3.01. The molecule has 2 aromatic carbocycles. The highest BCUT2D eigenvalue weighted by Gasteiger charge is 2.21. The summed E-state index contributed by atoms with van der Waals surface area (Å²) in [4.78, 5) is 8.75. The van der Waals surface area contributed by atoms with Crippen LogP contribution < -0.4 is 0 Å². The van der Waals surface area contributed by atoms with E-state index in [0.29, 0.717) is 28.7 Å². The monoisotopic (exact) mass is 312 g/mol. The molecular weight excluding hydrogens is 303 g/mol. The Bertz CT molecular complexity index is 901. The van der Waals surface area contributed by atoms with Crippen molar-refractivity contribution < 1.29 is 4.39 Å². The second-order valence-electron chi connectivity index (χ2n) is 4.89. The molecule has 4 rings (SSSR count). The van der Waals surface area contributed by atoms with Gasteiger partial charge in [-0.2, -0.15) is 5.10 Å². The number of fused-ring (bicyclic) bond motifs is 3. The molecule has 0 saturated carbocycles. The summed E-state index contributed by atoms with van der Waals surface area (Å²) < 4.78 is 15.9. The van der Waals surface area contributed by atoms with Gasteiger partial charge < -0.3 is 0 Å². The van der Waals surface area contributed by atoms with Crippen molar-refractivity contribution in [2.45, 2.75) is 6.54 Å². The highest BCUT2D eigenvalue weighted by Crippen LogP contribution is 2.27. The van der Waals surface area contributed by atoms with Crippen LogP contribution >= 0.6 is 11.6 Å². The van der Waals surface area contributed by atoms with Crippen molar-refractivity contribution in [3.8, 4) is 5.69 Å². The van der Waals surface area contributed by atoms with E-state index in [2.05, 4.69) is 15.1 Å². The summed E-state index contributed by atoms with van der Waals surface area (Å²) in [5.74, 6) is 0.384. The minimum absolute atomic E-state index is 0.320. The fraction of sp³-hybridized carbons (Fsp3) is 0.0625. The lowest BCUT2D eigenvalue weighted by atomic mass is 10.00. The van der Waals surface area contributed by atoms with Crippen LogP contribution in [0.2, 0.25) is 5.02 Å². The molecule has 2 heterocycles. The van der Waals surface area contributed by atoms with Gasteiger partial charge in [-0.15, -0.1) is 0 Å². The normalized spacial score (nSPS) is 13.1. The van der Waals surface area contributed by atoms with Gasteiger partial charge in [-0.1, -0.05) is 23.7 Å². The van der Waals surface area contributed by atoms with E-state index < -0.39 is 0 Å². The first-order chi connectivity index (χ1) is 10.7. The Morgan fingerprint density at radius 1 is 1.09 bits per heavy atom. The van der Waals surface area contributed by atoms with Gasteiger partial charge in [0.2, 0.25) is 0 Å². The van der Waals surface area contributed by atoms with Crippen LogP contribution in [0.1, 0.15) is 17.0 Å². The van der Waals surface area contributed by atoms with E-state index in [1.165, 1.54) is 12.4 Å². The van der Waals surface area contributed by atoms with Gasteiger partial charge in [-0.3, -0.25) is 4.99 Å². The molecule has 108 valence electrons. The molecule has 0 aliphatic carbocycles. The lowest BCUT2D eigenvalue weighted by Gasteiger charge is -2.11. The lowest BCUT2D eigenvalue weighted by Crippen LogP contribution is -2.09. The first-order valence-electron chi connectivity index (χ1n) is 6.72. The van der Waals surface area contributed by atoms with E-state index in [-0.39, 0.29) is 5.82 Å². The summed E-state index contributed by atoms with van der Waals surface area (Å²) in [5, 5.41) is 4.80. The van der Waals surface area contributed by atoms with Crippen LogP contribution in [0.25, 0.3) is 5.69 Å². The third kappa shape index (κ3) is 2.02. The average molecular weight is 313 g/mol. The summed E-state index contributed by atoms with van der Waals surface area (Å²) >= 11 is 6.13. The van der Waals surface area contributed by atoms with E-state index >= 15 is 0 Å². The lowest BCUT2D eigenvalue weighted by molar-refractivity contribution is 0.625. The van der Waals surface area contributed by atoms with E-state index in [1.54, 1.807) is 35.0 Å². The molecule has 0 N–H and O–H groups in total. The maximum absolute atomic E-state index is 14.2. The van der Waals surface area contributed by atoms with Gasteiger partial charge in [-0.05, 0) is 30.3 Å². The molecular formula is C16H10ClFN4. The molecule has 1 aromatic heterocycles. The second-order valence-corrected chi connectivity index (χ2v) is 5.33. The van der Waals surface area contributed by atoms with Crippen LogP contribution in [0.3, 0.4) is 0 Å². The zero-order chi connectivity index (χ0) is 15.1. The van der Waals surface area contributed by atoms with Crippen LogP contribution in [0.4, 0.5) is 4.39 Å². The third-order valence-corrected chi connectivity index (χ3v) is 3.80. The zero-order valence-electron chi connectivity index (χ0n) is 11.4. The van der Waals surface area contributed by atoms with Crippen LogP contribution in [0.5, 0.6) is 0 Å². The number of aromatic nitrogens is 3. The minimum atomic E-state index is -0.320. The number of aliphatic imine (C=N–C) groups is 1. The predicted molar refractivity (Wildman–Crippen MR) is 82.1 cm³/mol. The predicted octanol–water partition coefficient (Wildman–Crippen LogP) is 3.41. The Balaban J connectivity index is 2.01. The van der Waals surface area contributed by atoms with Crippen molar-refractivity contribution in [1.82, 2.24) is 14.8 Å². The van der Waals surface area contributed by atoms with Crippen LogP contribution in [0, 0.1) is 5.82 Å². The molecule has 0 saturated heterocycles. The fourth-order valence-corrected chi connectivity index (χ4v) is 2.75. The van der Waals surface area contributed by atoms with E-state index in [4.69, 9.17) is 11.6 Å². The highest BCUT2D eigenvalue weighted by atomic mass is 35.5. The van der Waals surface area contributed by atoms with Crippen molar-refractivity contribution in [1.29, 1.82) is 0 Å². The first-order valence-corrected chi connectivity index (χ1v) is 7.10. The highest BCUT2D eigenvalue weighted by molar-refractivity contribution is 6.31. The quantitative estimate of drug-likeness (QED) is 0.691. The molecule has 4 nitrogen and oxygen atoms in total. The average Bonchev–Trinajstić information content (AvgIpc) is 2.92. The Labute approximate surface area is 130 Å². The zero-order valence-corrected chi connectivity index (χ0v) is 12.1. The molecule has 0 fully saturated rings. The number of rotatable bonds is 1. The summed E-state index contributed by atoms with van der Waals surface area (Å²) in [6.45, 7) is 0.329. The smallest absolute Gasteiger partial charge is 0.153 e. The third-order valence-electron chi connectivity index (χ3n) is 3.57. The summed E-state index contributed by atoms with van der Waals surface area (Å²) in [5.41, 5.74) is 2.53. The van der Waals surface area contributed by atoms with E-state index in [0.717, 1.165) is 11.3 Å². The molecule has 0 atom stereocenters. The van der Waals surface area contributed by atoms with Gasteiger partial charge >= 0.3 is 0 Å². The molecule has 22 heavy (non-hydrogen) atoms. The van der Waals surface area contributed by atoms with Crippen molar-refractivity contribution >= 4 is 17.3 Å². The van der Waals surface area contributed by atoms with Gasteiger partial charge in [0.15, 0.2) is 5.82 Å². The van der Waals surface area contributed by atoms with Gasteiger partial charge in [0.25, 0.3) is 0 Å². The van der Waals surface area contributed by atoms with Crippen molar-refractivity contribution in [2.24, 2.45) is 4.99 Å². The van der Waals surface area contributed by atoms with Gasteiger partial charge in [-0.25, -0.2) is 14.1 Å². The number of benzene rings is 2. The van der Waals surface area contributed by atoms with Crippen LogP contribution in [-0.4, -0.2) is 20.5 Å².